The zero-order chi connectivity index (χ0) is 23.7. The predicted molar refractivity (Wildman–Crippen MR) is 136 cm³/mol. The Morgan fingerprint density at radius 1 is 1.06 bits per heavy atom. The highest BCUT2D eigenvalue weighted by Crippen LogP contribution is 2.28. The summed E-state index contributed by atoms with van der Waals surface area (Å²) in [4.78, 5) is 6.86. The van der Waals surface area contributed by atoms with Crippen LogP contribution in [-0.4, -0.2) is 41.5 Å². The first-order valence-corrected chi connectivity index (χ1v) is 12.7. The number of fused-ring (bicyclic) bond motifs is 1. The van der Waals surface area contributed by atoms with E-state index in [0.29, 0.717) is 23.7 Å². The molecule has 0 unspecified atom stereocenters. The molecule has 5 rings (SSSR count). The zero-order valence-electron chi connectivity index (χ0n) is 18.2. The first-order valence-electron chi connectivity index (χ1n) is 10.5. The molecular weight excluding hydrogens is 516 g/mol. The van der Waals surface area contributed by atoms with Gasteiger partial charge < -0.3 is 10.2 Å². The van der Waals surface area contributed by atoms with Gasteiger partial charge in [-0.15, -0.1) is 0 Å². The molecule has 0 spiro atoms. The van der Waals surface area contributed by atoms with Crippen molar-refractivity contribution in [1.82, 2.24) is 24.2 Å². The third kappa shape index (κ3) is 4.55. The van der Waals surface area contributed by atoms with Crippen molar-refractivity contribution in [3.8, 4) is 11.3 Å². The lowest BCUT2D eigenvalue weighted by atomic mass is 10.1. The lowest BCUT2D eigenvalue weighted by Gasteiger charge is -2.18. The summed E-state index contributed by atoms with van der Waals surface area (Å²) in [7, 11) is -1.77. The minimum atomic E-state index is -3.69. The van der Waals surface area contributed by atoms with Gasteiger partial charge in [-0.05, 0) is 52.3 Å². The van der Waals surface area contributed by atoms with Crippen LogP contribution < -0.4 is 10.0 Å². The normalized spacial score (nSPS) is 13.7. The fourth-order valence-electron chi connectivity index (χ4n) is 3.52. The minimum absolute atomic E-state index is 0.179. The lowest BCUT2D eigenvalue weighted by molar-refractivity contribution is 0.500. The number of sulfonamides is 1. The SMILES string of the molecule is CN1C=CC(NS(=O)(=O)c2ccc(Nc3cc(-c4ccccc4)nc4c(Br)cnn34)cc2)=CC1. The van der Waals surface area contributed by atoms with Crippen molar-refractivity contribution in [2.24, 2.45) is 0 Å². The van der Waals surface area contributed by atoms with Crippen LogP contribution in [0.1, 0.15) is 0 Å². The molecule has 2 aromatic carbocycles. The van der Waals surface area contributed by atoms with Gasteiger partial charge in [0.05, 0.1) is 21.3 Å². The molecule has 1 aliphatic heterocycles. The standard InChI is InChI=1S/C24H21BrN6O2S/c1-30-13-11-19(12-14-30)29-34(32,33)20-9-7-18(8-10-20)27-23-15-22(17-5-3-2-4-6-17)28-24-21(25)16-26-31(23)24/h2-13,15-16,27,29H,14H2,1H3. The molecule has 4 aromatic rings. The number of halogens is 1. The molecule has 0 saturated carbocycles. The van der Waals surface area contributed by atoms with Crippen LogP contribution in [0.2, 0.25) is 0 Å². The summed E-state index contributed by atoms with van der Waals surface area (Å²) in [6, 6.07) is 18.4. The van der Waals surface area contributed by atoms with Crippen LogP contribution in [0.3, 0.4) is 0 Å². The number of rotatable bonds is 6. The molecule has 1 aliphatic rings. The maximum absolute atomic E-state index is 12.8. The highest BCUT2D eigenvalue weighted by atomic mass is 79.9. The van der Waals surface area contributed by atoms with E-state index in [1.165, 1.54) is 0 Å². The number of aromatic nitrogens is 3. The molecule has 2 aromatic heterocycles. The van der Waals surface area contributed by atoms with Crippen LogP contribution in [-0.2, 0) is 10.0 Å². The molecule has 2 N–H and O–H groups in total. The molecular formula is C24H21BrN6O2S. The van der Waals surface area contributed by atoms with Crippen LogP contribution in [0.15, 0.2) is 100 Å². The van der Waals surface area contributed by atoms with E-state index in [0.717, 1.165) is 21.4 Å². The van der Waals surface area contributed by atoms with Crippen molar-refractivity contribution in [2.45, 2.75) is 4.90 Å². The van der Waals surface area contributed by atoms with Gasteiger partial charge in [0, 0.05) is 42.8 Å². The van der Waals surface area contributed by atoms with Gasteiger partial charge in [-0.1, -0.05) is 30.3 Å². The summed E-state index contributed by atoms with van der Waals surface area (Å²) in [5.74, 6) is 0.699. The van der Waals surface area contributed by atoms with Gasteiger partial charge in [0.2, 0.25) is 0 Å². The molecule has 0 aliphatic carbocycles. The van der Waals surface area contributed by atoms with Gasteiger partial charge in [-0.3, -0.25) is 4.72 Å². The summed E-state index contributed by atoms with van der Waals surface area (Å²) < 4.78 is 30.7. The monoisotopic (exact) mass is 536 g/mol. The average molecular weight is 537 g/mol. The Hall–Kier alpha value is -3.63. The lowest BCUT2D eigenvalue weighted by Crippen LogP contribution is -2.25. The summed E-state index contributed by atoms with van der Waals surface area (Å²) in [6.45, 7) is 0.645. The number of nitrogens with zero attached hydrogens (tertiary/aromatic N) is 4. The number of likely N-dealkylation sites (N-methyl/N-ethyl adjacent to an activating group) is 1. The van der Waals surface area contributed by atoms with Crippen molar-refractivity contribution in [3.63, 3.8) is 0 Å². The fraction of sp³-hybridized carbons (Fsp3) is 0.0833. The third-order valence-electron chi connectivity index (χ3n) is 5.30. The van der Waals surface area contributed by atoms with E-state index in [4.69, 9.17) is 4.98 Å². The first kappa shape index (κ1) is 22.2. The molecule has 172 valence electrons. The molecule has 0 saturated heterocycles. The van der Waals surface area contributed by atoms with E-state index in [-0.39, 0.29) is 4.90 Å². The number of hydrogen-bond acceptors (Lipinski definition) is 6. The molecule has 0 bridgehead atoms. The Labute approximate surface area is 205 Å². The van der Waals surface area contributed by atoms with Gasteiger partial charge in [-0.2, -0.15) is 9.61 Å². The Kier molecular flexibility index (Phi) is 5.84. The van der Waals surface area contributed by atoms with E-state index >= 15 is 0 Å². The summed E-state index contributed by atoms with van der Waals surface area (Å²) in [5.41, 5.74) is 3.71. The first-order chi connectivity index (χ1) is 16.4. The molecule has 10 heteroatoms. The Morgan fingerprint density at radius 3 is 2.53 bits per heavy atom. The number of anilines is 2. The average Bonchev–Trinajstić information content (AvgIpc) is 3.22. The topological polar surface area (TPSA) is 91.6 Å². The molecule has 0 radical (unpaired) electrons. The second kappa shape index (κ2) is 8.96. The maximum Gasteiger partial charge on any atom is 0.261 e. The summed E-state index contributed by atoms with van der Waals surface area (Å²) in [5, 5.41) is 7.73. The van der Waals surface area contributed by atoms with Crippen molar-refractivity contribution < 1.29 is 8.42 Å². The van der Waals surface area contributed by atoms with Crippen molar-refractivity contribution in [1.29, 1.82) is 0 Å². The van der Waals surface area contributed by atoms with Gasteiger partial charge in [-0.25, -0.2) is 13.4 Å². The second-order valence-electron chi connectivity index (χ2n) is 7.79. The minimum Gasteiger partial charge on any atom is -0.377 e. The van der Waals surface area contributed by atoms with E-state index in [1.54, 1.807) is 41.1 Å². The van der Waals surface area contributed by atoms with Gasteiger partial charge in [0.1, 0.15) is 5.82 Å². The summed E-state index contributed by atoms with van der Waals surface area (Å²) >= 11 is 3.51. The second-order valence-corrected chi connectivity index (χ2v) is 10.3. The molecule has 0 atom stereocenters. The van der Waals surface area contributed by atoms with E-state index < -0.39 is 10.0 Å². The van der Waals surface area contributed by atoms with E-state index in [2.05, 4.69) is 31.1 Å². The number of hydrogen-bond donors (Lipinski definition) is 2. The van der Waals surface area contributed by atoms with Gasteiger partial charge >= 0.3 is 0 Å². The zero-order valence-corrected chi connectivity index (χ0v) is 20.6. The Morgan fingerprint density at radius 2 is 1.82 bits per heavy atom. The Bertz CT molecular complexity index is 1510. The summed E-state index contributed by atoms with van der Waals surface area (Å²) in [6.07, 6.45) is 7.08. The Balaban J connectivity index is 1.42. The highest BCUT2D eigenvalue weighted by Gasteiger charge is 2.16. The van der Waals surface area contributed by atoms with Crippen LogP contribution in [0.25, 0.3) is 16.9 Å². The quantitative estimate of drug-likeness (QED) is 0.376. The van der Waals surface area contributed by atoms with E-state index in [9.17, 15) is 8.42 Å². The highest BCUT2D eigenvalue weighted by molar-refractivity contribution is 9.10. The van der Waals surface area contributed by atoms with Crippen molar-refractivity contribution in [3.05, 3.63) is 95.4 Å². The largest absolute Gasteiger partial charge is 0.377 e. The third-order valence-corrected chi connectivity index (χ3v) is 7.25. The molecule has 8 nitrogen and oxygen atoms in total. The molecule has 0 amide bonds. The number of benzene rings is 2. The number of nitrogens with one attached hydrogen (secondary N) is 2. The van der Waals surface area contributed by atoms with Gasteiger partial charge in [0.15, 0.2) is 5.65 Å². The molecule has 3 heterocycles. The van der Waals surface area contributed by atoms with Crippen LogP contribution >= 0.6 is 15.9 Å². The van der Waals surface area contributed by atoms with Gasteiger partial charge in [0.25, 0.3) is 10.0 Å². The van der Waals surface area contributed by atoms with Crippen molar-refractivity contribution in [2.75, 3.05) is 18.9 Å². The van der Waals surface area contributed by atoms with Crippen molar-refractivity contribution >= 4 is 43.1 Å². The maximum atomic E-state index is 12.8. The smallest absolute Gasteiger partial charge is 0.261 e. The molecule has 0 fully saturated rings. The van der Waals surface area contributed by atoms with Crippen LogP contribution in [0, 0.1) is 0 Å². The fourth-order valence-corrected chi connectivity index (χ4v) is 4.94. The predicted octanol–water partition coefficient (Wildman–Crippen LogP) is 4.52. The van der Waals surface area contributed by atoms with E-state index in [1.807, 2.05) is 60.6 Å². The van der Waals surface area contributed by atoms with Crippen LogP contribution in [0.4, 0.5) is 11.5 Å². The van der Waals surface area contributed by atoms with Crippen LogP contribution in [0.5, 0.6) is 0 Å². The number of allylic oxidation sites excluding steroid dienone is 1. The molecule has 34 heavy (non-hydrogen) atoms.